The Labute approximate surface area is 114 Å². The van der Waals surface area contributed by atoms with E-state index in [-0.39, 0.29) is 11.5 Å². The molecule has 0 radical (unpaired) electrons. The monoisotopic (exact) mass is 281 g/mol. The summed E-state index contributed by atoms with van der Waals surface area (Å²) >= 11 is 0. The highest BCUT2D eigenvalue weighted by Crippen LogP contribution is 2.32. The first-order valence-electron chi connectivity index (χ1n) is 5.76. The predicted molar refractivity (Wildman–Crippen MR) is 67.7 cm³/mol. The molecule has 0 saturated heterocycles. The van der Waals surface area contributed by atoms with Crippen molar-refractivity contribution < 1.29 is 18.3 Å². The molecule has 0 saturated carbocycles. The van der Waals surface area contributed by atoms with Gasteiger partial charge >= 0.3 is 6.61 Å². The van der Waals surface area contributed by atoms with Gasteiger partial charge in [0.05, 0.1) is 25.0 Å². The number of aromatic nitrogens is 2. The van der Waals surface area contributed by atoms with Crippen LogP contribution in [0.4, 0.5) is 8.78 Å². The number of rotatable bonds is 5. The Bertz CT molecular complexity index is 567. The molecule has 1 unspecified atom stereocenters. The first kappa shape index (κ1) is 14.1. The highest BCUT2D eigenvalue weighted by Gasteiger charge is 2.15. The second-order valence-electron chi connectivity index (χ2n) is 3.90. The van der Waals surface area contributed by atoms with E-state index in [4.69, 9.17) is 10.5 Å². The third kappa shape index (κ3) is 3.18. The summed E-state index contributed by atoms with van der Waals surface area (Å²) in [6.07, 6.45) is 4.61. The summed E-state index contributed by atoms with van der Waals surface area (Å²) in [4.78, 5) is 8.03. The molecule has 0 aliphatic rings. The lowest BCUT2D eigenvalue weighted by Crippen LogP contribution is -2.14. The molecular weight excluding hydrogens is 268 g/mol. The van der Waals surface area contributed by atoms with Gasteiger partial charge in [0.1, 0.15) is 0 Å². The van der Waals surface area contributed by atoms with Gasteiger partial charge in [0.25, 0.3) is 0 Å². The molecule has 1 aromatic carbocycles. The third-order valence-electron chi connectivity index (χ3n) is 2.66. The van der Waals surface area contributed by atoms with E-state index < -0.39 is 12.7 Å². The van der Waals surface area contributed by atoms with E-state index in [1.54, 1.807) is 12.3 Å². The number of hydrogen-bond donors (Lipinski definition) is 1. The van der Waals surface area contributed by atoms with Gasteiger partial charge in [-0.05, 0) is 17.7 Å². The summed E-state index contributed by atoms with van der Waals surface area (Å²) in [5.74, 6) is 0.139. The molecular formula is C13H13F2N3O2. The van der Waals surface area contributed by atoms with Crippen LogP contribution < -0.4 is 15.2 Å². The van der Waals surface area contributed by atoms with E-state index in [0.29, 0.717) is 11.3 Å². The van der Waals surface area contributed by atoms with Gasteiger partial charge in [-0.25, -0.2) is 0 Å². The maximum absolute atomic E-state index is 12.2. The molecule has 0 fully saturated rings. The maximum Gasteiger partial charge on any atom is 0.387 e. The summed E-state index contributed by atoms with van der Waals surface area (Å²) in [6.45, 7) is -2.91. The zero-order chi connectivity index (χ0) is 14.5. The summed E-state index contributed by atoms with van der Waals surface area (Å²) in [7, 11) is 1.37. The van der Waals surface area contributed by atoms with E-state index in [9.17, 15) is 8.78 Å². The molecule has 7 heteroatoms. The Morgan fingerprint density at radius 2 is 2.00 bits per heavy atom. The topological polar surface area (TPSA) is 70.3 Å². The van der Waals surface area contributed by atoms with Gasteiger partial charge < -0.3 is 15.2 Å². The van der Waals surface area contributed by atoms with Crippen molar-refractivity contribution in [1.82, 2.24) is 9.97 Å². The number of hydrogen-bond acceptors (Lipinski definition) is 5. The lowest BCUT2D eigenvalue weighted by Gasteiger charge is -2.15. The first-order chi connectivity index (χ1) is 9.61. The van der Waals surface area contributed by atoms with Crippen molar-refractivity contribution in [3.63, 3.8) is 0 Å². The summed E-state index contributed by atoms with van der Waals surface area (Å²) in [5, 5.41) is 0. The van der Waals surface area contributed by atoms with Crippen molar-refractivity contribution in [3.05, 3.63) is 48.0 Å². The number of methoxy groups -OCH3 is 1. The van der Waals surface area contributed by atoms with Crippen molar-refractivity contribution in [2.24, 2.45) is 5.73 Å². The number of ether oxygens (including phenoxy) is 2. The van der Waals surface area contributed by atoms with Crippen LogP contribution in [0, 0.1) is 0 Å². The molecule has 0 bridgehead atoms. The number of benzene rings is 1. The lowest BCUT2D eigenvalue weighted by atomic mass is 10.0. The van der Waals surface area contributed by atoms with Gasteiger partial charge in [-0.15, -0.1) is 0 Å². The molecule has 2 N–H and O–H groups in total. The standard InChI is InChI=1S/C13H13F2N3O2/c1-19-11-6-8(2-3-10(11)20-13(14)15)12(16)9-7-17-4-5-18-9/h2-7,12-13H,16H2,1H3. The Morgan fingerprint density at radius 1 is 1.20 bits per heavy atom. The molecule has 2 aromatic rings. The fraction of sp³-hybridized carbons (Fsp3) is 0.231. The van der Waals surface area contributed by atoms with Crippen LogP contribution in [0.15, 0.2) is 36.8 Å². The second-order valence-corrected chi connectivity index (χ2v) is 3.90. The average molecular weight is 281 g/mol. The van der Waals surface area contributed by atoms with E-state index in [1.807, 2.05) is 0 Å². The molecule has 1 aromatic heterocycles. The third-order valence-corrected chi connectivity index (χ3v) is 2.66. The Balaban J connectivity index is 2.29. The molecule has 106 valence electrons. The molecule has 20 heavy (non-hydrogen) atoms. The van der Waals surface area contributed by atoms with Gasteiger partial charge in [0, 0.05) is 12.4 Å². The van der Waals surface area contributed by atoms with Gasteiger partial charge in [0.15, 0.2) is 11.5 Å². The largest absolute Gasteiger partial charge is 0.493 e. The highest BCUT2D eigenvalue weighted by atomic mass is 19.3. The lowest BCUT2D eigenvalue weighted by molar-refractivity contribution is -0.0512. The molecule has 1 heterocycles. The Kier molecular flexibility index (Phi) is 4.41. The van der Waals surface area contributed by atoms with E-state index in [2.05, 4.69) is 14.7 Å². The molecule has 5 nitrogen and oxygen atoms in total. The van der Waals surface area contributed by atoms with Crippen LogP contribution in [0.3, 0.4) is 0 Å². The molecule has 0 amide bonds. The van der Waals surface area contributed by atoms with Crippen LogP contribution in [0.25, 0.3) is 0 Å². The van der Waals surface area contributed by atoms with Crippen molar-refractivity contribution in [2.75, 3.05) is 7.11 Å². The molecule has 0 aliphatic heterocycles. The van der Waals surface area contributed by atoms with Crippen LogP contribution in [-0.4, -0.2) is 23.7 Å². The Morgan fingerprint density at radius 3 is 2.60 bits per heavy atom. The average Bonchev–Trinajstić information content (AvgIpc) is 2.47. The van der Waals surface area contributed by atoms with Gasteiger partial charge in [0.2, 0.25) is 0 Å². The highest BCUT2D eigenvalue weighted by molar-refractivity contribution is 5.45. The predicted octanol–water partition coefficient (Wildman–Crippen LogP) is 2.13. The first-order valence-corrected chi connectivity index (χ1v) is 5.76. The van der Waals surface area contributed by atoms with Crippen LogP contribution in [0.1, 0.15) is 17.3 Å². The Hall–Kier alpha value is -2.28. The molecule has 0 spiro atoms. The normalized spacial score (nSPS) is 12.2. The fourth-order valence-electron chi connectivity index (χ4n) is 1.71. The quantitative estimate of drug-likeness (QED) is 0.909. The number of nitrogens with zero attached hydrogens (tertiary/aromatic N) is 2. The van der Waals surface area contributed by atoms with Gasteiger partial charge in [-0.1, -0.05) is 6.07 Å². The number of alkyl halides is 2. The van der Waals surface area contributed by atoms with E-state index >= 15 is 0 Å². The molecule has 0 aliphatic carbocycles. The van der Waals surface area contributed by atoms with Gasteiger partial charge in [-0.3, -0.25) is 9.97 Å². The van der Waals surface area contributed by atoms with Crippen molar-refractivity contribution in [3.8, 4) is 11.5 Å². The summed E-state index contributed by atoms with van der Waals surface area (Å²) < 4.78 is 33.9. The minimum atomic E-state index is -2.91. The van der Waals surface area contributed by atoms with Crippen LogP contribution >= 0.6 is 0 Å². The number of nitrogens with two attached hydrogens (primary N) is 1. The van der Waals surface area contributed by atoms with Crippen LogP contribution in [-0.2, 0) is 0 Å². The minimum Gasteiger partial charge on any atom is -0.493 e. The maximum atomic E-state index is 12.2. The van der Waals surface area contributed by atoms with Crippen molar-refractivity contribution in [1.29, 1.82) is 0 Å². The molecule has 2 rings (SSSR count). The number of halogens is 2. The summed E-state index contributed by atoms with van der Waals surface area (Å²) in [6, 6.07) is 3.98. The van der Waals surface area contributed by atoms with Gasteiger partial charge in [-0.2, -0.15) is 8.78 Å². The zero-order valence-electron chi connectivity index (χ0n) is 10.7. The van der Waals surface area contributed by atoms with E-state index in [1.165, 1.54) is 31.6 Å². The van der Waals surface area contributed by atoms with Crippen molar-refractivity contribution in [2.45, 2.75) is 12.7 Å². The second kappa shape index (κ2) is 6.25. The summed E-state index contributed by atoms with van der Waals surface area (Å²) in [5.41, 5.74) is 7.27. The minimum absolute atomic E-state index is 0.0439. The fourth-order valence-corrected chi connectivity index (χ4v) is 1.71. The SMILES string of the molecule is COc1cc(C(N)c2cnccn2)ccc1OC(F)F. The zero-order valence-corrected chi connectivity index (χ0v) is 10.7. The van der Waals surface area contributed by atoms with E-state index in [0.717, 1.165) is 0 Å². The van der Waals surface area contributed by atoms with Crippen LogP contribution in [0.5, 0.6) is 11.5 Å². The van der Waals surface area contributed by atoms with Crippen molar-refractivity contribution >= 4 is 0 Å². The smallest absolute Gasteiger partial charge is 0.387 e. The molecule has 1 atom stereocenters. The van der Waals surface area contributed by atoms with Crippen LogP contribution in [0.2, 0.25) is 0 Å².